The normalized spacial score (nSPS) is 13.4. The summed E-state index contributed by atoms with van der Waals surface area (Å²) in [4.78, 5) is 17.9. The fraction of sp³-hybridized carbons (Fsp3) is 0.333. The second kappa shape index (κ2) is 6.46. The van der Waals surface area contributed by atoms with Gasteiger partial charge in [-0.2, -0.15) is 16.5 Å². The molecule has 7 nitrogen and oxygen atoms in total. The van der Waals surface area contributed by atoms with Gasteiger partial charge in [0.2, 0.25) is 10.0 Å². The predicted molar refractivity (Wildman–Crippen MR) is 80.8 cm³/mol. The van der Waals surface area contributed by atoms with Gasteiger partial charge in [-0.3, -0.25) is 4.79 Å². The molecule has 2 aromatic heterocycles. The molecular weight excluding hydrogens is 314 g/mol. The molecular formula is C12H15N3O4S2. The van der Waals surface area contributed by atoms with Crippen molar-refractivity contribution < 1.29 is 18.3 Å². The van der Waals surface area contributed by atoms with E-state index in [9.17, 15) is 13.2 Å². The highest BCUT2D eigenvalue weighted by Gasteiger charge is 2.27. The van der Waals surface area contributed by atoms with Crippen LogP contribution in [0.25, 0.3) is 11.0 Å². The molecule has 0 aliphatic heterocycles. The Labute approximate surface area is 126 Å². The van der Waals surface area contributed by atoms with Gasteiger partial charge in [-0.05, 0) is 30.6 Å². The largest absolute Gasteiger partial charge is 0.480 e. The van der Waals surface area contributed by atoms with Crippen LogP contribution < -0.4 is 4.72 Å². The number of aromatic amines is 1. The first-order chi connectivity index (χ1) is 9.95. The Kier molecular flexibility index (Phi) is 4.86. The minimum Gasteiger partial charge on any atom is -0.480 e. The van der Waals surface area contributed by atoms with Gasteiger partial charge in [-0.1, -0.05) is 0 Å². The summed E-state index contributed by atoms with van der Waals surface area (Å²) >= 11 is 1.46. The Morgan fingerprint density at radius 3 is 3.00 bits per heavy atom. The minimum atomic E-state index is -3.93. The van der Waals surface area contributed by atoms with Gasteiger partial charge in [0.1, 0.15) is 16.6 Å². The highest BCUT2D eigenvalue weighted by molar-refractivity contribution is 7.98. The van der Waals surface area contributed by atoms with Crippen molar-refractivity contribution in [3.8, 4) is 0 Å². The van der Waals surface area contributed by atoms with Crippen molar-refractivity contribution >= 4 is 38.8 Å². The number of nitrogens with one attached hydrogen (secondary N) is 2. The minimum absolute atomic E-state index is 0.000927. The molecule has 0 radical (unpaired) electrons. The molecule has 9 heteroatoms. The van der Waals surface area contributed by atoms with E-state index in [0.29, 0.717) is 16.8 Å². The molecule has 0 bridgehead atoms. The Morgan fingerprint density at radius 1 is 1.57 bits per heavy atom. The number of carbonyl (C=O) groups is 1. The number of thioether (sulfide) groups is 1. The lowest BCUT2D eigenvalue weighted by molar-refractivity contribution is -0.139. The van der Waals surface area contributed by atoms with Crippen molar-refractivity contribution in [1.29, 1.82) is 0 Å². The first-order valence-electron chi connectivity index (χ1n) is 6.12. The lowest BCUT2D eigenvalue weighted by Gasteiger charge is -2.13. The van der Waals surface area contributed by atoms with Crippen LogP contribution in [0.5, 0.6) is 0 Å². The van der Waals surface area contributed by atoms with Crippen molar-refractivity contribution in [2.45, 2.75) is 17.4 Å². The molecule has 3 N–H and O–H groups in total. The Bertz CT molecular complexity index is 742. The summed E-state index contributed by atoms with van der Waals surface area (Å²) in [5.41, 5.74) is 0.439. The zero-order valence-corrected chi connectivity index (χ0v) is 12.9. The monoisotopic (exact) mass is 329 g/mol. The van der Waals surface area contributed by atoms with Crippen molar-refractivity contribution in [3.63, 3.8) is 0 Å². The zero-order valence-electron chi connectivity index (χ0n) is 11.2. The maximum Gasteiger partial charge on any atom is 0.321 e. The van der Waals surface area contributed by atoms with Crippen LogP contribution in [0, 0.1) is 0 Å². The van der Waals surface area contributed by atoms with E-state index in [0.717, 1.165) is 0 Å². The lowest BCUT2D eigenvalue weighted by atomic mass is 10.2. The van der Waals surface area contributed by atoms with E-state index >= 15 is 0 Å². The van der Waals surface area contributed by atoms with Crippen LogP contribution in [0.15, 0.2) is 29.4 Å². The molecule has 0 saturated carbocycles. The highest BCUT2D eigenvalue weighted by atomic mass is 32.2. The number of carboxylic acid groups (broad SMARTS) is 1. The average Bonchev–Trinajstić information content (AvgIpc) is 2.87. The van der Waals surface area contributed by atoms with Gasteiger partial charge >= 0.3 is 5.97 Å². The van der Waals surface area contributed by atoms with E-state index < -0.39 is 22.0 Å². The number of rotatable bonds is 7. The Hall–Kier alpha value is -1.58. The van der Waals surface area contributed by atoms with Crippen molar-refractivity contribution in [3.05, 3.63) is 24.5 Å². The van der Waals surface area contributed by atoms with E-state index in [1.54, 1.807) is 18.3 Å². The summed E-state index contributed by atoms with van der Waals surface area (Å²) in [5.74, 6) is -0.639. The van der Waals surface area contributed by atoms with Gasteiger partial charge in [0.05, 0.1) is 0 Å². The molecule has 21 heavy (non-hydrogen) atoms. The summed E-state index contributed by atoms with van der Waals surface area (Å²) in [6, 6.07) is 2.09. The molecule has 0 fully saturated rings. The van der Waals surface area contributed by atoms with Gasteiger partial charge < -0.3 is 10.1 Å². The van der Waals surface area contributed by atoms with Crippen molar-refractivity contribution in [2.75, 3.05) is 12.0 Å². The number of aromatic nitrogens is 2. The molecule has 1 atom stereocenters. The molecule has 2 rings (SSSR count). The van der Waals surface area contributed by atoms with E-state index in [2.05, 4.69) is 14.7 Å². The molecule has 0 aliphatic carbocycles. The third kappa shape index (κ3) is 3.55. The van der Waals surface area contributed by atoms with E-state index in [-0.39, 0.29) is 11.3 Å². The summed E-state index contributed by atoms with van der Waals surface area (Å²) in [5, 5.41) is 9.55. The van der Waals surface area contributed by atoms with Gasteiger partial charge in [0.25, 0.3) is 0 Å². The average molecular weight is 329 g/mol. The molecule has 2 aromatic rings. The smallest absolute Gasteiger partial charge is 0.321 e. The Morgan fingerprint density at radius 2 is 2.33 bits per heavy atom. The van der Waals surface area contributed by atoms with Crippen LogP contribution in [0.1, 0.15) is 6.42 Å². The van der Waals surface area contributed by atoms with Crippen LogP contribution in [0.3, 0.4) is 0 Å². The number of carboxylic acids is 1. The molecule has 0 aromatic carbocycles. The highest BCUT2D eigenvalue weighted by Crippen LogP contribution is 2.21. The summed E-state index contributed by atoms with van der Waals surface area (Å²) < 4.78 is 26.9. The van der Waals surface area contributed by atoms with Crippen LogP contribution in [-0.4, -0.2) is 47.5 Å². The predicted octanol–water partition coefficient (Wildman–Crippen LogP) is 1.05. The van der Waals surface area contributed by atoms with Crippen molar-refractivity contribution in [1.82, 2.24) is 14.7 Å². The Balaban J connectivity index is 2.30. The molecule has 114 valence electrons. The number of aliphatic carboxylic acids is 1. The molecule has 0 amide bonds. The zero-order chi connectivity index (χ0) is 15.5. The third-order valence-electron chi connectivity index (χ3n) is 2.91. The lowest BCUT2D eigenvalue weighted by Crippen LogP contribution is -2.41. The second-order valence-electron chi connectivity index (χ2n) is 4.35. The van der Waals surface area contributed by atoms with Gasteiger partial charge in [0, 0.05) is 17.8 Å². The maximum absolute atomic E-state index is 12.4. The fourth-order valence-electron chi connectivity index (χ4n) is 1.87. The number of sulfonamides is 1. The summed E-state index contributed by atoms with van der Waals surface area (Å²) in [6.07, 6.45) is 4.91. The molecule has 0 unspecified atom stereocenters. The first-order valence-corrected chi connectivity index (χ1v) is 8.99. The van der Waals surface area contributed by atoms with E-state index in [1.165, 1.54) is 18.0 Å². The SMILES string of the molecule is CSCC[C@H](NS(=O)(=O)c1c[nH]c2ncccc12)C(=O)O. The van der Waals surface area contributed by atoms with Crippen LogP contribution in [0.4, 0.5) is 0 Å². The van der Waals surface area contributed by atoms with Gasteiger partial charge in [-0.15, -0.1) is 0 Å². The van der Waals surface area contributed by atoms with Crippen LogP contribution in [0.2, 0.25) is 0 Å². The quantitative estimate of drug-likeness (QED) is 0.700. The number of nitrogens with zero attached hydrogens (tertiary/aromatic N) is 1. The standard InChI is InChI=1S/C12H15N3O4S2/c1-20-6-4-9(12(16)17)15-21(18,19)10-7-14-11-8(10)3-2-5-13-11/h2-3,5,7,9,15H,4,6H2,1H3,(H,13,14)(H,16,17)/t9-/m0/s1. The number of hydrogen-bond acceptors (Lipinski definition) is 5. The number of fused-ring (bicyclic) bond motifs is 1. The molecule has 0 saturated heterocycles. The topological polar surface area (TPSA) is 112 Å². The molecule has 0 aliphatic rings. The molecule has 0 spiro atoms. The van der Waals surface area contributed by atoms with Gasteiger partial charge in [-0.25, -0.2) is 13.4 Å². The number of hydrogen-bond donors (Lipinski definition) is 3. The first kappa shape index (κ1) is 15.8. The van der Waals surface area contributed by atoms with E-state index in [1.807, 2.05) is 6.26 Å². The summed E-state index contributed by atoms with van der Waals surface area (Å²) in [7, 11) is -3.93. The van der Waals surface area contributed by atoms with Gasteiger partial charge in [0.15, 0.2) is 0 Å². The number of H-pyrrole nitrogens is 1. The third-order valence-corrected chi connectivity index (χ3v) is 5.06. The van der Waals surface area contributed by atoms with E-state index in [4.69, 9.17) is 5.11 Å². The van der Waals surface area contributed by atoms with Crippen molar-refractivity contribution in [2.24, 2.45) is 0 Å². The second-order valence-corrected chi connectivity index (χ2v) is 7.01. The summed E-state index contributed by atoms with van der Waals surface area (Å²) in [6.45, 7) is 0. The fourth-order valence-corrected chi connectivity index (χ4v) is 3.73. The van der Waals surface area contributed by atoms with Crippen LogP contribution >= 0.6 is 11.8 Å². The van der Waals surface area contributed by atoms with Crippen LogP contribution in [-0.2, 0) is 14.8 Å². The maximum atomic E-state index is 12.4. The molecule has 2 heterocycles. The number of pyridine rings is 1.